The minimum absolute atomic E-state index is 0.0204. The molecule has 1 saturated heterocycles. The van der Waals surface area contributed by atoms with Crippen LogP contribution in [0.2, 0.25) is 0 Å². The highest BCUT2D eigenvalue weighted by Gasteiger charge is 2.36. The Labute approximate surface area is 108 Å². The fraction of sp³-hybridized carbons (Fsp3) is 0.909. The molecule has 1 fully saturated rings. The van der Waals surface area contributed by atoms with Crippen LogP contribution in [0.4, 0.5) is 0 Å². The van der Waals surface area contributed by atoms with E-state index in [4.69, 9.17) is 14.2 Å². The van der Waals surface area contributed by atoms with E-state index in [0.717, 1.165) is 6.66 Å². The Kier molecular flexibility index (Phi) is 5.34. The van der Waals surface area contributed by atoms with Crippen LogP contribution < -0.4 is 0 Å². The molecule has 7 heteroatoms. The van der Waals surface area contributed by atoms with E-state index in [1.54, 1.807) is 12.0 Å². The van der Waals surface area contributed by atoms with Gasteiger partial charge < -0.3 is 19.1 Å². The van der Waals surface area contributed by atoms with E-state index in [9.17, 15) is 9.36 Å². The number of likely N-dealkylation sites (tertiary alicyclic amines) is 1. The van der Waals surface area contributed by atoms with Gasteiger partial charge >= 0.3 is 7.60 Å². The predicted molar refractivity (Wildman–Crippen MR) is 67.5 cm³/mol. The van der Waals surface area contributed by atoms with Gasteiger partial charge in [-0.25, -0.2) is 0 Å². The van der Waals surface area contributed by atoms with Crippen LogP contribution in [0.25, 0.3) is 0 Å². The van der Waals surface area contributed by atoms with Gasteiger partial charge in [0.1, 0.15) is 0 Å². The van der Waals surface area contributed by atoms with Crippen LogP contribution in [0.1, 0.15) is 20.3 Å². The van der Waals surface area contributed by atoms with Crippen LogP contribution in [-0.4, -0.2) is 54.8 Å². The van der Waals surface area contributed by atoms with Gasteiger partial charge in [0.2, 0.25) is 5.91 Å². The van der Waals surface area contributed by atoms with Gasteiger partial charge in [-0.15, -0.1) is 0 Å². The van der Waals surface area contributed by atoms with E-state index in [1.165, 1.54) is 0 Å². The molecular weight excluding hydrogens is 257 g/mol. The van der Waals surface area contributed by atoms with Gasteiger partial charge in [-0.3, -0.25) is 9.36 Å². The van der Waals surface area contributed by atoms with E-state index >= 15 is 0 Å². The molecule has 1 aliphatic heterocycles. The zero-order valence-corrected chi connectivity index (χ0v) is 12.2. The largest absolute Gasteiger partial charge is 0.380 e. The second kappa shape index (κ2) is 6.15. The molecule has 3 atom stereocenters. The molecule has 1 heterocycles. The lowest BCUT2D eigenvalue weighted by atomic mass is 10.1. The Bertz CT molecular complexity index is 340. The maximum absolute atomic E-state index is 12.0. The summed E-state index contributed by atoms with van der Waals surface area (Å²) in [6.45, 7) is 5.39. The Balaban J connectivity index is 2.67. The molecule has 1 rings (SSSR count). The summed E-state index contributed by atoms with van der Waals surface area (Å²) in [5, 5.41) is 0. The number of ether oxygens (including phenoxy) is 1. The van der Waals surface area contributed by atoms with Crippen LogP contribution in [-0.2, 0) is 18.6 Å². The van der Waals surface area contributed by atoms with Crippen molar-refractivity contribution in [2.75, 3.05) is 26.9 Å². The SMILES string of the molecule is COC1CC(COP(C)(=O)O)N(C(=O)C(C)C)C1. The molecule has 1 N–H and O–H groups in total. The Morgan fingerprint density at radius 2 is 2.17 bits per heavy atom. The van der Waals surface area contributed by atoms with Crippen LogP contribution in [0.15, 0.2) is 0 Å². The second-order valence-electron chi connectivity index (χ2n) is 4.99. The molecule has 3 unspecified atom stereocenters. The predicted octanol–water partition coefficient (Wildman–Crippen LogP) is 1.09. The van der Waals surface area contributed by atoms with Crippen LogP contribution in [0.3, 0.4) is 0 Å². The summed E-state index contributed by atoms with van der Waals surface area (Å²) >= 11 is 0. The standard InChI is InChI=1S/C11H22NO5P/c1-8(2)11(13)12-6-10(16-3)5-9(12)7-17-18(4,14)15/h8-10H,5-7H2,1-4H3,(H,14,15). The van der Waals surface area contributed by atoms with Gasteiger partial charge in [-0.05, 0) is 6.42 Å². The van der Waals surface area contributed by atoms with Crippen LogP contribution in [0, 0.1) is 5.92 Å². The highest BCUT2D eigenvalue weighted by Crippen LogP contribution is 2.37. The zero-order chi connectivity index (χ0) is 13.9. The molecular formula is C11H22NO5P. The van der Waals surface area contributed by atoms with E-state index in [1.807, 2.05) is 13.8 Å². The highest BCUT2D eigenvalue weighted by atomic mass is 31.2. The number of carbonyl (C=O) groups excluding carboxylic acids is 1. The Morgan fingerprint density at radius 1 is 1.56 bits per heavy atom. The first-order valence-electron chi connectivity index (χ1n) is 6.02. The second-order valence-corrected chi connectivity index (χ2v) is 6.86. The molecule has 0 aromatic carbocycles. The van der Waals surface area contributed by atoms with Gasteiger partial charge in [-0.1, -0.05) is 13.8 Å². The molecule has 1 amide bonds. The number of hydrogen-bond donors (Lipinski definition) is 1. The van der Waals surface area contributed by atoms with E-state index in [-0.39, 0.29) is 30.6 Å². The summed E-state index contributed by atoms with van der Waals surface area (Å²) in [5.41, 5.74) is 0. The van der Waals surface area contributed by atoms with Crippen molar-refractivity contribution in [1.29, 1.82) is 0 Å². The minimum Gasteiger partial charge on any atom is -0.380 e. The van der Waals surface area contributed by atoms with Gasteiger partial charge in [0.15, 0.2) is 0 Å². The van der Waals surface area contributed by atoms with Crippen molar-refractivity contribution in [3.8, 4) is 0 Å². The smallest absolute Gasteiger partial charge is 0.325 e. The van der Waals surface area contributed by atoms with Crippen molar-refractivity contribution in [1.82, 2.24) is 4.90 Å². The van der Waals surface area contributed by atoms with Crippen LogP contribution in [0.5, 0.6) is 0 Å². The topological polar surface area (TPSA) is 76.1 Å². The first kappa shape index (κ1) is 15.6. The molecule has 0 saturated carbocycles. The summed E-state index contributed by atoms with van der Waals surface area (Å²) < 4.78 is 21.3. The van der Waals surface area contributed by atoms with Gasteiger partial charge in [0, 0.05) is 26.2 Å². The minimum atomic E-state index is -3.51. The quantitative estimate of drug-likeness (QED) is 0.762. The fourth-order valence-corrected chi connectivity index (χ4v) is 2.48. The number of amides is 1. The summed E-state index contributed by atoms with van der Waals surface area (Å²) in [5.74, 6) is -0.0855. The normalized spacial score (nSPS) is 27.6. The summed E-state index contributed by atoms with van der Waals surface area (Å²) in [6, 6.07) is -0.190. The molecule has 6 nitrogen and oxygen atoms in total. The van der Waals surface area contributed by atoms with Crippen molar-refractivity contribution < 1.29 is 23.5 Å². The Morgan fingerprint density at radius 3 is 2.61 bits per heavy atom. The maximum atomic E-state index is 12.0. The number of methoxy groups -OCH3 is 1. The third-order valence-corrected chi connectivity index (χ3v) is 3.62. The third kappa shape index (κ3) is 4.35. The first-order chi connectivity index (χ1) is 8.24. The monoisotopic (exact) mass is 279 g/mol. The fourth-order valence-electron chi connectivity index (χ4n) is 2.03. The van der Waals surface area contributed by atoms with Crippen molar-refractivity contribution in [3.05, 3.63) is 0 Å². The molecule has 0 bridgehead atoms. The molecule has 106 valence electrons. The van der Waals surface area contributed by atoms with E-state index in [0.29, 0.717) is 13.0 Å². The molecule has 0 radical (unpaired) electrons. The molecule has 0 aromatic heterocycles. The number of rotatable bonds is 5. The Hall–Kier alpha value is -0.420. The average Bonchev–Trinajstić information content (AvgIpc) is 2.67. The maximum Gasteiger partial charge on any atom is 0.325 e. The lowest BCUT2D eigenvalue weighted by Crippen LogP contribution is -2.40. The number of carbonyl (C=O) groups is 1. The van der Waals surface area contributed by atoms with Crippen molar-refractivity contribution in [3.63, 3.8) is 0 Å². The van der Waals surface area contributed by atoms with Gasteiger partial charge in [0.25, 0.3) is 0 Å². The van der Waals surface area contributed by atoms with Crippen LogP contribution >= 0.6 is 7.60 Å². The van der Waals surface area contributed by atoms with Gasteiger partial charge in [-0.2, -0.15) is 0 Å². The number of nitrogens with zero attached hydrogens (tertiary/aromatic N) is 1. The zero-order valence-electron chi connectivity index (χ0n) is 11.3. The lowest BCUT2D eigenvalue weighted by Gasteiger charge is -2.26. The molecule has 18 heavy (non-hydrogen) atoms. The lowest BCUT2D eigenvalue weighted by molar-refractivity contribution is -0.136. The van der Waals surface area contributed by atoms with Crippen molar-refractivity contribution in [2.45, 2.75) is 32.4 Å². The number of hydrogen-bond acceptors (Lipinski definition) is 4. The van der Waals surface area contributed by atoms with Crippen molar-refractivity contribution in [2.24, 2.45) is 5.92 Å². The van der Waals surface area contributed by atoms with E-state index in [2.05, 4.69) is 0 Å². The summed E-state index contributed by atoms with van der Waals surface area (Å²) in [7, 11) is -1.91. The molecule has 1 aliphatic rings. The average molecular weight is 279 g/mol. The third-order valence-electron chi connectivity index (χ3n) is 2.99. The highest BCUT2D eigenvalue weighted by molar-refractivity contribution is 7.51. The van der Waals surface area contributed by atoms with E-state index < -0.39 is 7.60 Å². The molecule has 0 aromatic rings. The van der Waals surface area contributed by atoms with Crippen molar-refractivity contribution >= 4 is 13.5 Å². The summed E-state index contributed by atoms with van der Waals surface area (Å²) in [6.07, 6.45) is 0.603. The molecule has 0 aliphatic carbocycles. The molecule has 0 spiro atoms. The summed E-state index contributed by atoms with van der Waals surface area (Å²) in [4.78, 5) is 22.8. The van der Waals surface area contributed by atoms with Gasteiger partial charge in [0.05, 0.1) is 18.8 Å². The first-order valence-corrected chi connectivity index (χ1v) is 8.05.